The second-order valence-corrected chi connectivity index (χ2v) is 8.78. The number of rotatable bonds is 7. The van der Waals surface area contributed by atoms with Crippen molar-refractivity contribution in [1.29, 1.82) is 0 Å². The smallest absolute Gasteiger partial charge is 0.255 e. The highest BCUT2D eigenvalue weighted by Gasteiger charge is 2.32. The average molecular weight is 452 g/mol. The van der Waals surface area contributed by atoms with E-state index in [9.17, 15) is 14.4 Å². The number of likely N-dealkylation sites (tertiary alicyclic amines) is 1. The lowest BCUT2D eigenvalue weighted by molar-refractivity contribution is -0.135. The van der Waals surface area contributed by atoms with Gasteiger partial charge in [0.05, 0.1) is 12.7 Å². The molecule has 1 heterocycles. The fourth-order valence-corrected chi connectivity index (χ4v) is 4.10. The average Bonchev–Trinajstić information content (AvgIpc) is 2.82. The van der Waals surface area contributed by atoms with Gasteiger partial charge in [0.25, 0.3) is 11.8 Å². The standard InChI is InChI=1S/C26H33N3O4/c1-17(2)23(28-25(31)21-11-7-8-12-22(21)33-4)26(32)29-15-13-19(14-16-29)27-24(30)20-10-6-5-9-18(20)3/h5-12,17,19,23H,13-16H2,1-4H3,(H,27,30)(H,28,31). The van der Waals surface area contributed by atoms with Gasteiger partial charge in [0, 0.05) is 24.7 Å². The Morgan fingerprint density at radius 2 is 1.55 bits per heavy atom. The minimum Gasteiger partial charge on any atom is -0.496 e. The molecule has 1 unspecified atom stereocenters. The second kappa shape index (κ2) is 11.0. The maximum absolute atomic E-state index is 13.2. The highest BCUT2D eigenvalue weighted by atomic mass is 16.5. The van der Waals surface area contributed by atoms with Gasteiger partial charge in [-0.25, -0.2) is 0 Å². The van der Waals surface area contributed by atoms with E-state index in [0.29, 0.717) is 42.8 Å². The summed E-state index contributed by atoms with van der Waals surface area (Å²) in [6, 6.07) is 13.8. The quantitative estimate of drug-likeness (QED) is 0.677. The van der Waals surface area contributed by atoms with E-state index >= 15 is 0 Å². The first-order chi connectivity index (χ1) is 15.8. The predicted octanol–water partition coefficient (Wildman–Crippen LogP) is 3.18. The lowest BCUT2D eigenvalue weighted by Gasteiger charge is -2.35. The van der Waals surface area contributed by atoms with E-state index in [4.69, 9.17) is 4.74 Å². The van der Waals surface area contributed by atoms with Crippen molar-refractivity contribution in [3.8, 4) is 5.75 Å². The number of para-hydroxylation sites is 1. The van der Waals surface area contributed by atoms with Gasteiger partial charge in [0.2, 0.25) is 5.91 Å². The summed E-state index contributed by atoms with van der Waals surface area (Å²) >= 11 is 0. The molecule has 0 radical (unpaired) electrons. The molecule has 2 N–H and O–H groups in total. The SMILES string of the molecule is COc1ccccc1C(=O)NC(C(=O)N1CCC(NC(=O)c2ccccc2C)CC1)C(C)C. The molecule has 176 valence electrons. The molecule has 3 rings (SSSR count). The number of carbonyl (C=O) groups is 3. The van der Waals surface area contributed by atoms with Crippen molar-refractivity contribution < 1.29 is 19.1 Å². The summed E-state index contributed by atoms with van der Waals surface area (Å²) in [5.74, 6) is -0.122. The lowest BCUT2D eigenvalue weighted by atomic mass is 9.98. The zero-order valence-electron chi connectivity index (χ0n) is 19.8. The Balaban J connectivity index is 1.59. The molecule has 1 atom stereocenters. The molecule has 1 aliphatic rings. The van der Waals surface area contributed by atoms with Crippen LogP contribution in [0.4, 0.5) is 0 Å². The second-order valence-electron chi connectivity index (χ2n) is 8.78. The third-order valence-corrected chi connectivity index (χ3v) is 6.10. The van der Waals surface area contributed by atoms with Gasteiger partial charge in [-0.15, -0.1) is 0 Å². The van der Waals surface area contributed by atoms with Crippen molar-refractivity contribution >= 4 is 17.7 Å². The van der Waals surface area contributed by atoms with E-state index in [1.807, 2.05) is 45.0 Å². The molecule has 0 aromatic heterocycles. The maximum atomic E-state index is 13.2. The lowest BCUT2D eigenvalue weighted by Crippen LogP contribution is -2.54. The first kappa shape index (κ1) is 24.3. The molecule has 0 saturated carbocycles. The van der Waals surface area contributed by atoms with Gasteiger partial charge >= 0.3 is 0 Å². The summed E-state index contributed by atoms with van der Waals surface area (Å²) in [5, 5.41) is 5.99. The van der Waals surface area contributed by atoms with Crippen LogP contribution >= 0.6 is 0 Å². The van der Waals surface area contributed by atoms with Gasteiger partial charge in [-0.1, -0.05) is 44.2 Å². The van der Waals surface area contributed by atoms with Gasteiger partial charge in [-0.2, -0.15) is 0 Å². The highest BCUT2D eigenvalue weighted by Crippen LogP contribution is 2.19. The van der Waals surface area contributed by atoms with Crippen LogP contribution < -0.4 is 15.4 Å². The number of carbonyl (C=O) groups excluding carboxylic acids is 3. The number of ether oxygens (including phenoxy) is 1. The molecule has 0 bridgehead atoms. The Labute approximate surface area is 195 Å². The van der Waals surface area contributed by atoms with Crippen LogP contribution in [0.2, 0.25) is 0 Å². The number of hydrogen-bond acceptors (Lipinski definition) is 4. The third-order valence-electron chi connectivity index (χ3n) is 6.10. The first-order valence-corrected chi connectivity index (χ1v) is 11.4. The first-order valence-electron chi connectivity index (χ1n) is 11.4. The molecule has 7 nitrogen and oxygen atoms in total. The van der Waals surface area contributed by atoms with E-state index in [1.54, 1.807) is 29.2 Å². The van der Waals surface area contributed by atoms with Crippen molar-refractivity contribution in [2.24, 2.45) is 5.92 Å². The van der Waals surface area contributed by atoms with Crippen molar-refractivity contribution in [3.63, 3.8) is 0 Å². The van der Waals surface area contributed by atoms with E-state index in [-0.39, 0.29) is 29.7 Å². The van der Waals surface area contributed by atoms with Crippen LogP contribution in [0.1, 0.15) is 53.0 Å². The predicted molar refractivity (Wildman–Crippen MR) is 127 cm³/mol. The molecule has 33 heavy (non-hydrogen) atoms. The van der Waals surface area contributed by atoms with Gasteiger partial charge in [0.15, 0.2) is 0 Å². The Hall–Kier alpha value is -3.35. The Bertz CT molecular complexity index is 997. The zero-order chi connectivity index (χ0) is 24.0. The maximum Gasteiger partial charge on any atom is 0.255 e. The molecule has 1 fully saturated rings. The van der Waals surface area contributed by atoms with Crippen LogP contribution in [0, 0.1) is 12.8 Å². The zero-order valence-corrected chi connectivity index (χ0v) is 19.8. The van der Waals surface area contributed by atoms with Gasteiger partial charge in [0.1, 0.15) is 11.8 Å². The minimum absolute atomic E-state index is 0.0156. The number of benzene rings is 2. The Morgan fingerprint density at radius 1 is 0.939 bits per heavy atom. The summed E-state index contributed by atoms with van der Waals surface area (Å²) in [5.41, 5.74) is 2.01. The summed E-state index contributed by atoms with van der Waals surface area (Å²) in [4.78, 5) is 40.5. The molecule has 3 amide bonds. The number of amides is 3. The van der Waals surface area contributed by atoms with Crippen molar-refractivity contribution in [2.45, 2.75) is 45.7 Å². The van der Waals surface area contributed by atoms with Gasteiger partial charge < -0.3 is 20.3 Å². The Kier molecular flexibility index (Phi) is 8.09. The van der Waals surface area contributed by atoms with Crippen LogP contribution in [0.25, 0.3) is 0 Å². The van der Waals surface area contributed by atoms with E-state index in [0.717, 1.165) is 5.56 Å². The van der Waals surface area contributed by atoms with Crippen LogP contribution in [0.15, 0.2) is 48.5 Å². The van der Waals surface area contributed by atoms with E-state index in [2.05, 4.69) is 10.6 Å². The fraction of sp³-hybridized carbons (Fsp3) is 0.423. The van der Waals surface area contributed by atoms with Crippen LogP contribution in [-0.2, 0) is 4.79 Å². The monoisotopic (exact) mass is 451 g/mol. The number of aryl methyl sites for hydroxylation is 1. The van der Waals surface area contributed by atoms with E-state index < -0.39 is 6.04 Å². The molecule has 2 aromatic rings. The third kappa shape index (κ3) is 5.92. The number of piperidine rings is 1. The normalized spacial score (nSPS) is 15.1. The van der Waals surface area contributed by atoms with E-state index in [1.165, 1.54) is 7.11 Å². The molecule has 0 aliphatic carbocycles. The summed E-state index contributed by atoms with van der Waals surface area (Å²) in [6.07, 6.45) is 1.35. The summed E-state index contributed by atoms with van der Waals surface area (Å²) in [7, 11) is 1.51. The molecule has 1 aliphatic heterocycles. The topological polar surface area (TPSA) is 87.7 Å². The van der Waals surface area contributed by atoms with Crippen molar-refractivity contribution in [1.82, 2.24) is 15.5 Å². The fourth-order valence-electron chi connectivity index (χ4n) is 4.10. The number of nitrogens with zero attached hydrogens (tertiary/aromatic N) is 1. The van der Waals surface area contributed by atoms with Gasteiger partial charge in [-0.3, -0.25) is 14.4 Å². The Morgan fingerprint density at radius 3 is 2.15 bits per heavy atom. The highest BCUT2D eigenvalue weighted by molar-refractivity contribution is 5.99. The van der Waals surface area contributed by atoms with Crippen LogP contribution in [-0.4, -0.2) is 54.9 Å². The number of methoxy groups -OCH3 is 1. The summed E-state index contributed by atoms with van der Waals surface area (Å²) in [6.45, 7) is 6.82. The molecular weight excluding hydrogens is 418 g/mol. The van der Waals surface area contributed by atoms with Crippen LogP contribution in [0.5, 0.6) is 5.75 Å². The van der Waals surface area contributed by atoms with Crippen LogP contribution in [0.3, 0.4) is 0 Å². The molecular formula is C26H33N3O4. The van der Waals surface area contributed by atoms with Crippen molar-refractivity contribution in [2.75, 3.05) is 20.2 Å². The molecule has 0 spiro atoms. The summed E-state index contributed by atoms with van der Waals surface area (Å²) < 4.78 is 5.28. The largest absolute Gasteiger partial charge is 0.496 e. The number of hydrogen-bond donors (Lipinski definition) is 2. The molecule has 2 aromatic carbocycles. The molecule has 7 heteroatoms. The number of nitrogens with one attached hydrogen (secondary N) is 2. The molecule has 1 saturated heterocycles. The minimum atomic E-state index is -0.638. The van der Waals surface area contributed by atoms with Gasteiger partial charge in [-0.05, 0) is 49.4 Å². The van der Waals surface area contributed by atoms with Crippen molar-refractivity contribution in [3.05, 3.63) is 65.2 Å².